The minimum Gasteiger partial charge on any atom is -0.493 e. The van der Waals surface area contributed by atoms with Gasteiger partial charge in [0.05, 0.1) is 24.6 Å². The monoisotopic (exact) mass is 337 g/mol. The average Bonchev–Trinajstić information content (AvgIpc) is 3.03. The summed E-state index contributed by atoms with van der Waals surface area (Å²) in [6.45, 7) is 1.44. The zero-order chi connectivity index (χ0) is 17.3. The highest BCUT2D eigenvalue weighted by Crippen LogP contribution is 2.36. The molecule has 3 rings (SSSR count). The van der Waals surface area contributed by atoms with Crippen LogP contribution in [0.25, 0.3) is 0 Å². The third-order valence-electron chi connectivity index (χ3n) is 4.27. The number of nitrogens with two attached hydrogens (primary N) is 1. The summed E-state index contributed by atoms with van der Waals surface area (Å²) < 4.78 is 43.3. The number of benzene rings is 1. The van der Waals surface area contributed by atoms with Crippen LogP contribution in [0.2, 0.25) is 0 Å². The molecule has 0 saturated carbocycles. The number of hydrogen-bond donors (Lipinski definition) is 1. The lowest BCUT2D eigenvalue weighted by atomic mass is 9.97. The fourth-order valence-electron chi connectivity index (χ4n) is 3.01. The van der Waals surface area contributed by atoms with Crippen molar-refractivity contribution in [3.63, 3.8) is 0 Å². The van der Waals surface area contributed by atoms with E-state index in [9.17, 15) is 13.2 Å². The molecule has 7 heteroatoms. The first kappa shape index (κ1) is 16.4. The third-order valence-corrected chi connectivity index (χ3v) is 4.27. The Labute approximate surface area is 138 Å². The molecule has 0 radical (unpaired) electrons. The Bertz CT molecular complexity index is 716. The Morgan fingerprint density at radius 1 is 1.25 bits per heavy atom. The maximum atomic E-state index is 12.7. The standard InChI is InChI=1S/C17H18F3N3O/c1-24-15-8-14(21)9-22-16(15)23-7-6-12(10-23)11-2-4-13(5-3-11)17(18,19)20/h2-5,8-9,12H,6-7,10,21H2,1H3. The van der Waals surface area contributed by atoms with Gasteiger partial charge in [-0.15, -0.1) is 0 Å². The van der Waals surface area contributed by atoms with Crippen LogP contribution < -0.4 is 15.4 Å². The first-order valence-electron chi connectivity index (χ1n) is 7.60. The van der Waals surface area contributed by atoms with Crippen LogP contribution in [0.4, 0.5) is 24.7 Å². The predicted molar refractivity (Wildman–Crippen MR) is 86.2 cm³/mol. The maximum absolute atomic E-state index is 12.7. The van der Waals surface area contributed by atoms with Crippen molar-refractivity contribution in [3.05, 3.63) is 47.7 Å². The van der Waals surface area contributed by atoms with Crippen LogP contribution in [0.3, 0.4) is 0 Å². The van der Waals surface area contributed by atoms with E-state index in [1.807, 2.05) is 0 Å². The Morgan fingerprint density at radius 2 is 1.96 bits per heavy atom. The summed E-state index contributed by atoms with van der Waals surface area (Å²) in [5, 5.41) is 0. The second-order valence-electron chi connectivity index (χ2n) is 5.85. The molecule has 1 aliphatic rings. The van der Waals surface area contributed by atoms with E-state index in [2.05, 4.69) is 9.88 Å². The van der Waals surface area contributed by atoms with Crippen molar-refractivity contribution in [2.45, 2.75) is 18.5 Å². The number of halogens is 3. The molecular weight excluding hydrogens is 319 g/mol. The van der Waals surface area contributed by atoms with Crippen LogP contribution in [-0.2, 0) is 6.18 Å². The summed E-state index contributed by atoms with van der Waals surface area (Å²) >= 11 is 0. The van der Waals surface area contributed by atoms with Gasteiger partial charge in [-0.3, -0.25) is 0 Å². The number of methoxy groups -OCH3 is 1. The minimum absolute atomic E-state index is 0.163. The number of ether oxygens (including phenoxy) is 1. The number of rotatable bonds is 3. The topological polar surface area (TPSA) is 51.4 Å². The molecule has 128 valence electrons. The van der Waals surface area contributed by atoms with E-state index < -0.39 is 11.7 Å². The number of hydrogen-bond acceptors (Lipinski definition) is 4. The molecule has 0 amide bonds. The largest absolute Gasteiger partial charge is 0.493 e. The van der Waals surface area contributed by atoms with E-state index in [4.69, 9.17) is 10.5 Å². The van der Waals surface area contributed by atoms with Crippen molar-refractivity contribution in [2.75, 3.05) is 30.8 Å². The lowest BCUT2D eigenvalue weighted by Gasteiger charge is -2.20. The first-order chi connectivity index (χ1) is 11.4. The molecule has 1 atom stereocenters. The Hall–Kier alpha value is -2.44. The SMILES string of the molecule is COc1cc(N)cnc1N1CCC(c2ccc(C(F)(F)F)cc2)C1. The van der Waals surface area contributed by atoms with Crippen molar-refractivity contribution in [3.8, 4) is 5.75 Å². The van der Waals surface area contributed by atoms with Gasteiger partial charge in [0.15, 0.2) is 11.6 Å². The summed E-state index contributed by atoms with van der Waals surface area (Å²) in [7, 11) is 1.56. The lowest BCUT2D eigenvalue weighted by molar-refractivity contribution is -0.137. The molecule has 0 bridgehead atoms. The summed E-state index contributed by atoms with van der Waals surface area (Å²) in [6, 6.07) is 7.11. The number of anilines is 2. The van der Waals surface area contributed by atoms with E-state index in [0.29, 0.717) is 23.8 Å². The van der Waals surface area contributed by atoms with Gasteiger partial charge in [0, 0.05) is 25.1 Å². The molecule has 0 aliphatic carbocycles. The molecule has 1 aliphatic heterocycles. The maximum Gasteiger partial charge on any atom is 0.416 e. The fraction of sp³-hybridized carbons (Fsp3) is 0.353. The van der Waals surface area contributed by atoms with E-state index >= 15 is 0 Å². The second-order valence-corrected chi connectivity index (χ2v) is 5.85. The molecule has 2 aromatic rings. The quantitative estimate of drug-likeness (QED) is 0.928. The molecule has 0 spiro atoms. The van der Waals surface area contributed by atoms with Crippen LogP contribution >= 0.6 is 0 Å². The van der Waals surface area contributed by atoms with Gasteiger partial charge < -0.3 is 15.4 Å². The van der Waals surface area contributed by atoms with Crippen molar-refractivity contribution >= 4 is 11.5 Å². The van der Waals surface area contributed by atoms with Gasteiger partial charge in [-0.2, -0.15) is 13.2 Å². The van der Waals surface area contributed by atoms with Crippen LogP contribution in [0.15, 0.2) is 36.5 Å². The van der Waals surface area contributed by atoms with E-state index in [1.165, 1.54) is 0 Å². The molecule has 1 unspecified atom stereocenters. The molecular formula is C17H18F3N3O. The van der Waals surface area contributed by atoms with Gasteiger partial charge in [0.2, 0.25) is 0 Å². The number of pyridine rings is 1. The van der Waals surface area contributed by atoms with E-state index in [1.54, 1.807) is 31.5 Å². The lowest BCUT2D eigenvalue weighted by Crippen LogP contribution is -2.21. The van der Waals surface area contributed by atoms with Crippen molar-refractivity contribution in [2.24, 2.45) is 0 Å². The molecule has 2 heterocycles. The summed E-state index contributed by atoms with van der Waals surface area (Å²) in [5.41, 5.74) is 6.52. The Kier molecular flexibility index (Phi) is 4.26. The van der Waals surface area contributed by atoms with Gasteiger partial charge >= 0.3 is 6.18 Å². The summed E-state index contributed by atoms with van der Waals surface area (Å²) in [6.07, 6.45) is -1.88. The average molecular weight is 337 g/mol. The van der Waals surface area contributed by atoms with Gasteiger partial charge in [0.1, 0.15) is 0 Å². The molecule has 4 nitrogen and oxygen atoms in total. The van der Waals surface area contributed by atoms with Crippen LogP contribution in [-0.4, -0.2) is 25.2 Å². The van der Waals surface area contributed by atoms with Crippen LogP contribution in [0.1, 0.15) is 23.5 Å². The smallest absolute Gasteiger partial charge is 0.416 e. The Balaban J connectivity index is 1.76. The van der Waals surface area contributed by atoms with E-state index in [-0.39, 0.29) is 5.92 Å². The Morgan fingerprint density at radius 3 is 2.58 bits per heavy atom. The van der Waals surface area contributed by atoms with Crippen molar-refractivity contribution in [1.29, 1.82) is 0 Å². The fourth-order valence-corrected chi connectivity index (χ4v) is 3.01. The number of alkyl halides is 3. The zero-order valence-electron chi connectivity index (χ0n) is 13.2. The molecule has 1 saturated heterocycles. The van der Waals surface area contributed by atoms with Gasteiger partial charge in [-0.25, -0.2) is 4.98 Å². The number of nitrogen functional groups attached to an aromatic ring is 1. The van der Waals surface area contributed by atoms with Crippen molar-refractivity contribution in [1.82, 2.24) is 4.98 Å². The molecule has 1 aromatic heterocycles. The molecule has 1 fully saturated rings. The first-order valence-corrected chi connectivity index (χ1v) is 7.60. The summed E-state index contributed by atoms with van der Waals surface area (Å²) in [5.74, 6) is 1.47. The number of aromatic nitrogens is 1. The molecule has 24 heavy (non-hydrogen) atoms. The van der Waals surface area contributed by atoms with Crippen LogP contribution in [0.5, 0.6) is 5.75 Å². The summed E-state index contributed by atoms with van der Waals surface area (Å²) in [4.78, 5) is 6.40. The predicted octanol–water partition coefficient (Wildman–Crippen LogP) is 3.69. The highest BCUT2D eigenvalue weighted by molar-refractivity contribution is 5.59. The highest BCUT2D eigenvalue weighted by Gasteiger charge is 2.31. The molecule has 2 N–H and O–H groups in total. The minimum atomic E-state index is -4.30. The second kappa shape index (κ2) is 6.22. The van der Waals surface area contributed by atoms with Crippen molar-refractivity contribution < 1.29 is 17.9 Å². The van der Waals surface area contributed by atoms with Gasteiger partial charge in [-0.1, -0.05) is 12.1 Å². The van der Waals surface area contributed by atoms with E-state index in [0.717, 1.165) is 30.7 Å². The number of nitrogens with zero attached hydrogens (tertiary/aromatic N) is 2. The molecule has 1 aromatic carbocycles. The normalized spacial score (nSPS) is 18.0. The van der Waals surface area contributed by atoms with Gasteiger partial charge in [0.25, 0.3) is 0 Å². The van der Waals surface area contributed by atoms with Gasteiger partial charge in [-0.05, 0) is 24.1 Å². The third kappa shape index (κ3) is 3.25. The zero-order valence-corrected chi connectivity index (χ0v) is 13.2. The highest BCUT2D eigenvalue weighted by atomic mass is 19.4. The van der Waals surface area contributed by atoms with Crippen LogP contribution in [0, 0.1) is 0 Å².